The van der Waals surface area contributed by atoms with E-state index in [0.717, 1.165) is 65.5 Å². The predicted octanol–water partition coefficient (Wildman–Crippen LogP) is 5.04. The molecule has 168 valence electrons. The number of fused-ring (bicyclic) bond motifs is 6. The fraction of sp³-hybridized carbons (Fsp3) is 0.346. The van der Waals surface area contributed by atoms with Crippen LogP contribution in [0.5, 0.6) is 5.75 Å². The van der Waals surface area contributed by atoms with Crippen molar-refractivity contribution < 1.29 is 4.74 Å². The van der Waals surface area contributed by atoms with Crippen molar-refractivity contribution in [2.75, 3.05) is 13.4 Å². The lowest BCUT2D eigenvalue weighted by Crippen LogP contribution is -2.43. The molecule has 0 bridgehead atoms. The monoisotopic (exact) mass is 458 g/mol. The molecule has 1 saturated carbocycles. The zero-order valence-electron chi connectivity index (χ0n) is 18.9. The molecule has 0 atom stereocenters. The van der Waals surface area contributed by atoms with Gasteiger partial charge >= 0.3 is 0 Å². The van der Waals surface area contributed by atoms with E-state index in [0.29, 0.717) is 5.78 Å². The molecule has 33 heavy (non-hydrogen) atoms. The number of benzene rings is 2. The first-order chi connectivity index (χ1) is 16.2. The number of aromatic nitrogens is 4. The van der Waals surface area contributed by atoms with Gasteiger partial charge in [0.25, 0.3) is 5.56 Å². The normalized spacial score (nSPS) is 16.5. The van der Waals surface area contributed by atoms with Crippen LogP contribution in [0.4, 0.5) is 0 Å². The second-order valence-corrected chi connectivity index (χ2v) is 9.83. The highest BCUT2D eigenvalue weighted by molar-refractivity contribution is 7.98. The minimum Gasteiger partial charge on any atom is -0.497 e. The van der Waals surface area contributed by atoms with Gasteiger partial charge in [0, 0.05) is 16.5 Å². The van der Waals surface area contributed by atoms with Crippen molar-refractivity contribution in [1.82, 2.24) is 19.2 Å². The second-order valence-electron chi connectivity index (χ2n) is 9.06. The highest BCUT2D eigenvalue weighted by atomic mass is 32.2. The van der Waals surface area contributed by atoms with E-state index in [9.17, 15) is 4.79 Å². The van der Waals surface area contributed by atoms with E-state index < -0.39 is 0 Å². The van der Waals surface area contributed by atoms with E-state index in [-0.39, 0.29) is 11.0 Å². The molecule has 4 aromatic rings. The molecule has 2 aliphatic carbocycles. The van der Waals surface area contributed by atoms with Crippen LogP contribution in [0.2, 0.25) is 0 Å². The summed E-state index contributed by atoms with van der Waals surface area (Å²) in [5.74, 6) is 1.31. The molecule has 1 spiro atoms. The predicted molar refractivity (Wildman–Crippen MR) is 131 cm³/mol. The molecular weight excluding hydrogens is 432 g/mol. The van der Waals surface area contributed by atoms with Crippen LogP contribution in [0.3, 0.4) is 0 Å². The van der Waals surface area contributed by atoms with Crippen LogP contribution in [0, 0.1) is 0 Å². The molecule has 0 radical (unpaired) electrons. The van der Waals surface area contributed by atoms with Crippen molar-refractivity contribution in [3.05, 3.63) is 70.0 Å². The first-order valence-corrected chi connectivity index (χ1v) is 12.7. The average Bonchev–Trinajstić information content (AvgIpc) is 3.28. The van der Waals surface area contributed by atoms with Crippen LogP contribution < -0.4 is 10.3 Å². The lowest BCUT2D eigenvalue weighted by Gasteiger charge is -2.42. The average molecular weight is 459 g/mol. The van der Waals surface area contributed by atoms with Crippen molar-refractivity contribution in [3.63, 3.8) is 0 Å². The van der Waals surface area contributed by atoms with Gasteiger partial charge in [0.1, 0.15) is 5.75 Å². The SMILES string of the molecule is COc1ccc(-n2c(=O)c3c(n4c(SC)nnc24)-c2ccccc2CC32CCCCC2)cc1. The van der Waals surface area contributed by atoms with Crippen LogP contribution in [-0.2, 0) is 11.8 Å². The Morgan fingerprint density at radius 3 is 2.48 bits per heavy atom. The third-order valence-electron chi connectivity index (χ3n) is 7.35. The summed E-state index contributed by atoms with van der Waals surface area (Å²) < 4.78 is 9.20. The molecular formula is C26H26N4O2S. The van der Waals surface area contributed by atoms with Crippen LogP contribution in [-0.4, -0.2) is 32.5 Å². The Morgan fingerprint density at radius 2 is 1.76 bits per heavy atom. The molecule has 2 aromatic heterocycles. The summed E-state index contributed by atoms with van der Waals surface area (Å²) in [6.07, 6.45) is 8.53. The van der Waals surface area contributed by atoms with E-state index in [1.165, 1.54) is 12.0 Å². The number of nitrogens with zero attached hydrogens (tertiary/aromatic N) is 4. The van der Waals surface area contributed by atoms with Gasteiger partial charge in [-0.3, -0.25) is 9.20 Å². The van der Waals surface area contributed by atoms with Gasteiger partial charge in [0.2, 0.25) is 5.78 Å². The van der Waals surface area contributed by atoms with E-state index in [4.69, 9.17) is 4.74 Å². The summed E-state index contributed by atoms with van der Waals surface area (Å²) >= 11 is 1.56. The van der Waals surface area contributed by atoms with E-state index in [1.807, 2.05) is 30.5 Å². The molecule has 0 aliphatic heterocycles. The van der Waals surface area contributed by atoms with E-state index >= 15 is 0 Å². The summed E-state index contributed by atoms with van der Waals surface area (Å²) in [5, 5.41) is 9.79. The summed E-state index contributed by atoms with van der Waals surface area (Å²) in [5.41, 5.74) is 5.01. The molecule has 2 heterocycles. The summed E-state index contributed by atoms with van der Waals surface area (Å²) in [4.78, 5) is 14.4. The van der Waals surface area contributed by atoms with Crippen molar-refractivity contribution in [3.8, 4) is 22.7 Å². The van der Waals surface area contributed by atoms with Crippen molar-refractivity contribution >= 4 is 17.5 Å². The third kappa shape index (κ3) is 2.98. The molecule has 6 nitrogen and oxygen atoms in total. The van der Waals surface area contributed by atoms with Gasteiger partial charge in [-0.05, 0) is 55.3 Å². The van der Waals surface area contributed by atoms with Crippen LogP contribution in [0.1, 0.15) is 43.2 Å². The Labute approximate surface area is 196 Å². The fourth-order valence-corrected chi connectivity index (χ4v) is 6.34. The van der Waals surface area contributed by atoms with Crippen LogP contribution in [0.25, 0.3) is 22.7 Å². The Kier molecular flexibility index (Phi) is 4.83. The fourth-order valence-electron chi connectivity index (χ4n) is 5.86. The topological polar surface area (TPSA) is 61.4 Å². The van der Waals surface area contributed by atoms with Gasteiger partial charge in [-0.1, -0.05) is 55.3 Å². The Bertz CT molecular complexity index is 1410. The highest BCUT2D eigenvalue weighted by Gasteiger charge is 2.44. The number of hydrogen-bond acceptors (Lipinski definition) is 5. The first kappa shape index (κ1) is 20.5. The van der Waals surface area contributed by atoms with Crippen LogP contribution >= 0.6 is 11.8 Å². The lowest BCUT2D eigenvalue weighted by molar-refractivity contribution is 0.284. The zero-order chi connectivity index (χ0) is 22.6. The van der Waals surface area contributed by atoms with E-state index in [2.05, 4.69) is 38.9 Å². The van der Waals surface area contributed by atoms with Gasteiger partial charge in [-0.25, -0.2) is 4.57 Å². The molecule has 0 unspecified atom stereocenters. The van der Waals surface area contributed by atoms with Crippen LogP contribution in [0.15, 0.2) is 58.5 Å². The summed E-state index contributed by atoms with van der Waals surface area (Å²) in [6.45, 7) is 0. The quantitative estimate of drug-likeness (QED) is 0.403. The van der Waals surface area contributed by atoms with Crippen molar-refractivity contribution in [2.45, 2.75) is 49.1 Å². The Morgan fingerprint density at radius 1 is 1.00 bits per heavy atom. The minimum atomic E-state index is -0.151. The standard InChI is InChI=1S/C26H26N4O2S/c1-32-19-12-10-18(11-13-19)29-23(31)21-22(30-24(29)27-28-25(30)33-2)20-9-5-4-8-17(20)16-26(21)14-6-3-7-15-26/h4-5,8-13H,3,6-7,14-16H2,1-2H3. The number of methoxy groups -OCH3 is 1. The van der Waals surface area contributed by atoms with Gasteiger partial charge < -0.3 is 4.74 Å². The number of rotatable bonds is 3. The second kappa shape index (κ2) is 7.76. The Hall–Kier alpha value is -3.06. The van der Waals surface area contributed by atoms with E-state index in [1.54, 1.807) is 23.4 Å². The summed E-state index contributed by atoms with van der Waals surface area (Å²) in [6, 6.07) is 16.1. The molecule has 0 amide bonds. The highest BCUT2D eigenvalue weighted by Crippen LogP contribution is 2.49. The minimum absolute atomic E-state index is 0.0270. The molecule has 7 heteroatoms. The number of ether oxygens (including phenoxy) is 1. The molecule has 2 aliphatic rings. The largest absolute Gasteiger partial charge is 0.497 e. The van der Waals surface area contributed by atoms with Crippen molar-refractivity contribution in [2.24, 2.45) is 0 Å². The lowest BCUT2D eigenvalue weighted by atomic mass is 9.62. The summed E-state index contributed by atoms with van der Waals surface area (Å²) in [7, 11) is 1.64. The van der Waals surface area contributed by atoms with Gasteiger partial charge in [0.15, 0.2) is 5.16 Å². The maximum absolute atomic E-state index is 14.4. The molecule has 6 rings (SSSR count). The van der Waals surface area contributed by atoms with Gasteiger partial charge in [-0.15, -0.1) is 10.2 Å². The first-order valence-electron chi connectivity index (χ1n) is 11.5. The molecule has 1 fully saturated rings. The number of hydrogen-bond donors (Lipinski definition) is 0. The Balaban J connectivity index is 1.77. The third-order valence-corrected chi connectivity index (χ3v) is 7.98. The van der Waals surface area contributed by atoms with Gasteiger partial charge in [-0.2, -0.15) is 0 Å². The molecule has 2 aromatic carbocycles. The van der Waals surface area contributed by atoms with Crippen molar-refractivity contribution in [1.29, 1.82) is 0 Å². The zero-order valence-corrected chi connectivity index (χ0v) is 19.7. The maximum atomic E-state index is 14.4. The maximum Gasteiger partial charge on any atom is 0.263 e. The molecule has 0 N–H and O–H groups in total. The van der Waals surface area contributed by atoms with Gasteiger partial charge in [0.05, 0.1) is 18.5 Å². The smallest absolute Gasteiger partial charge is 0.263 e. The number of thioether (sulfide) groups is 1. The molecule has 0 saturated heterocycles.